The molecule has 0 spiro atoms. The summed E-state index contributed by atoms with van der Waals surface area (Å²) in [5, 5.41) is 23.2. The van der Waals surface area contributed by atoms with E-state index in [2.05, 4.69) is 20.8 Å². The summed E-state index contributed by atoms with van der Waals surface area (Å²) in [6.07, 6.45) is 1.27. The third-order valence-electron chi connectivity index (χ3n) is 2.65. The smallest absolute Gasteiger partial charge is 0.326 e. The van der Waals surface area contributed by atoms with Crippen LogP contribution in [0.15, 0.2) is 30.3 Å². The van der Waals surface area contributed by atoms with Crippen molar-refractivity contribution in [2.24, 2.45) is 0 Å². The number of nitrogens with zero attached hydrogens (tertiary/aromatic N) is 4. The molecule has 0 fully saturated rings. The van der Waals surface area contributed by atoms with Crippen LogP contribution in [0, 0.1) is 0 Å². The average Bonchev–Trinajstić information content (AvgIpc) is 2.87. The molecule has 0 aliphatic carbocycles. The molecule has 1 heterocycles. The normalized spacial score (nSPS) is 12.1. The third kappa shape index (κ3) is 3.06. The van der Waals surface area contributed by atoms with Gasteiger partial charge in [-0.25, -0.2) is 4.79 Å². The molecule has 1 atom stereocenters. The Morgan fingerprint density at radius 2 is 2.16 bits per heavy atom. The van der Waals surface area contributed by atoms with E-state index in [4.69, 9.17) is 5.11 Å². The molecule has 7 heteroatoms. The number of carbonyl (C=O) groups is 1. The molecule has 0 bridgehead atoms. The minimum absolute atomic E-state index is 0.326. The van der Waals surface area contributed by atoms with E-state index >= 15 is 0 Å². The molecule has 0 radical (unpaired) electrons. The van der Waals surface area contributed by atoms with Gasteiger partial charge in [-0.15, -0.1) is 0 Å². The summed E-state index contributed by atoms with van der Waals surface area (Å²) in [4.78, 5) is 11.1. The maximum Gasteiger partial charge on any atom is 0.326 e. The zero-order valence-corrected chi connectivity index (χ0v) is 10.5. The number of hydrogen-bond acceptors (Lipinski definition) is 5. The average molecular weight is 261 g/mol. The standard InChI is InChI=1S/C12H15N5O2/c1-2-6-10(11(18)19)13-12-14-15-16-17(12)9-7-4-3-5-8-9/h3-5,7-8,10H,2,6H2,1H3,(H,18,19)(H,13,14,16). The molecule has 0 aliphatic heterocycles. The Kier molecular flexibility index (Phi) is 4.07. The number of nitrogens with one attached hydrogen (secondary N) is 1. The van der Waals surface area contributed by atoms with Gasteiger partial charge in [-0.05, 0) is 29.0 Å². The first-order chi connectivity index (χ1) is 9.22. The summed E-state index contributed by atoms with van der Waals surface area (Å²) in [7, 11) is 0. The summed E-state index contributed by atoms with van der Waals surface area (Å²) in [5.74, 6) is -0.587. The summed E-state index contributed by atoms with van der Waals surface area (Å²) in [6.45, 7) is 1.93. The Bertz CT molecular complexity index is 540. The number of carboxylic acids is 1. The van der Waals surface area contributed by atoms with Crippen molar-refractivity contribution >= 4 is 11.9 Å². The molecule has 0 aliphatic rings. The van der Waals surface area contributed by atoms with Crippen molar-refractivity contribution in [2.75, 3.05) is 5.32 Å². The predicted molar refractivity (Wildman–Crippen MR) is 69.1 cm³/mol. The number of hydrogen-bond donors (Lipinski definition) is 2. The van der Waals surface area contributed by atoms with Crippen molar-refractivity contribution in [1.29, 1.82) is 0 Å². The van der Waals surface area contributed by atoms with Gasteiger partial charge in [-0.1, -0.05) is 36.6 Å². The van der Waals surface area contributed by atoms with Gasteiger partial charge in [0.1, 0.15) is 6.04 Å². The predicted octanol–water partition coefficient (Wildman–Crippen LogP) is 1.33. The van der Waals surface area contributed by atoms with E-state index in [0.29, 0.717) is 12.4 Å². The monoisotopic (exact) mass is 261 g/mol. The highest BCUT2D eigenvalue weighted by atomic mass is 16.4. The highest BCUT2D eigenvalue weighted by Crippen LogP contribution is 2.12. The van der Waals surface area contributed by atoms with Crippen LogP contribution in [0.4, 0.5) is 5.95 Å². The number of benzene rings is 1. The first-order valence-corrected chi connectivity index (χ1v) is 6.05. The fourth-order valence-corrected chi connectivity index (χ4v) is 1.72. The summed E-state index contributed by atoms with van der Waals surface area (Å²) in [5.41, 5.74) is 0.774. The summed E-state index contributed by atoms with van der Waals surface area (Å²) in [6, 6.07) is 8.61. The second kappa shape index (κ2) is 5.94. The van der Waals surface area contributed by atoms with Gasteiger partial charge in [0.2, 0.25) is 5.95 Å². The number of para-hydroxylation sites is 1. The van der Waals surface area contributed by atoms with Gasteiger partial charge >= 0.3 is 5.97 Å². The van der Waals surface area contributed by atoms with Crippen molar-refractivity contribution < 1.29 is 9.90 Å². The van der Waals surface area contributed by atoms with Crippen LogP contribution in [0.2, 0.25) is 0 Å². The van der Waals surface area contributed by atoms with E-state index in [1.807, 2.05) is 37.3 Å². The molecule has 2 rings (SSSR count). The fraction of sp³-hybridized carbons (Fsp3) is 0.333. The second-order valence-corrected chi connectivity index (χ2v) is 4.07. The lowest BCUT2D eigenvalue weighted by atomic mass is 10.2. The van der Waals surface area contributed by atoms with Crippen LogP contribution in [-0.4, -0.2) is 37.3 Å². The van der Waals surface area contributed by atoms with Crippen molar-refractivity contribution in [3.63, 3.8) is 0 Å². The van der Waals surface area contributed by atoms with Gasteiger partial charge in [-0.3, -0.25) is 0 Å². The molecule has 0 saturated carbocycles. The lowest BCUT2D eigenvalue weighted by Gasteiger charge is -2.13. The number of aromatic nitrogens is 4. The molecule has 0 amide bonds. The quantitative estimate of drug-likeness (QED) is 0.814. The highest BCUT2D eigenvalue weighted by molar-refractivity contribution is 5.76. The lowest BCUT2D eigenvalue weighted by Crippen LogP contribution is -2.30. The Morgan fingerprint density at radius 1 is 1.42 bits per heavy atom. The molecule has 1 aromatic heterocycles. The number of carboxylic acid groups (broad SMARTS) is 1. The van der Waals surface area contributed by atoms with Crippen LogP contribution in [-0.2, 0) is 4.79 Å². The second-order valence-electron chi connectivity index (χ2n) is 4.07. The van der Waals surface area contributed by atoms with Crippen LogP contribution in [0.5, 0.6) is 0 Å². The van der Waals surface area contributed by atoms with E-state index < -0.39 is 12.0 Å². The molecular weight excluding hydrogens is 246 g/mol. The Hall–Kier alpha value is -2.44. The van der Waals surface area contributed by atoms with E-state index in [0.717, 1.165) is 12.1 Å². The molecular formula is C12H15N5O2. The zero-order valence-electron chi connectivity index (χ0n) is 10.5. The molecule has 2 N–H and O–H groups in total. The van der Waals surface area contributed by atoms with E-state index in [1.165, 1.54) is 4.68 Å². The van der Waals surface area contributed by atoms with Crippen molar-refractivity contribution in [2.45, 2.75) is 25.8 Å². The number of anilines is 1. The first-order valence-electron chi connectivity index (χ1n) is 6.05. The minimum atomic E-state index is -0.913. The molecule has 1 unspecified atom stereocenters. The molecule has 7 nitrogen and oxygen atoms in total. The van der Waals surface area contributed by atoms with E-state index in [-0.39, 0.29) is 0 Å². The SMILES string of the molecule is CCCC(Nc1nnnn1-c1ccccc1)C(=O)O. The number of aliphatic carboxylic acids is 1. The Balaban J connectivity index is 2.22. The van der Waals surface area contributed by atoms with Crippen LogP contribution < -0.4 is 5.32 Å². The summed E-state index contributed by atoms with van der Waals surface area (Å²) < 4.78 is 1.48. The third-order valence-corrected chi connectivity index (χ3v) is 2.65. The van der Waals surface area contributed by atoms with E-state index in [1.54, 1.807) is 0 Å². The maximum absolute atomic E-state index is 11.1. The van der Waals surface area contributed by atoms with Crippen molar-refractivity contribution in [1.82, 2.24) is 20.2 Å². The zero-order chi connectivity index (χ0) is 13.7. The van der Waals surface area contributed by atoms with Crippen LogP contribution in [0.3, 0.4) is 0 Å². The molecule has 19 heavy (non-hydrogen) atoms. The van der Waals surface area contributed by atoms with Gasteiger partial charge in [-0.2, -0.15) is 4.68 Å². The minimum Gasteiger partial charge on any atom is -0.480 e. The number of rotatable bonds is 6. The largest absolute Gasteiger partial charge is 0.480 e. The van der Waals surface area contributed by atoms with Crippen LogP contribution >= 0.6 is 0 Å². The van der Waals surface area contributed by atoms with Gasteiger partial charge in [0.25, 0.3) is 0 Å². The number of tetrazole rings is 1. The highest BCUT2D eigenvalue weighted by Gasteiger charge is 2.19. The van der Waals surface area contributed by atoms with Crippen LogP contribution in [0.1, 0.15) is 19.8 Å². The fourth-order valence-electron chi connectivity index (χ4n) is 1.72. The summed E-state index contributed by atoms with van der Waals surface area (Å²) >= 11 is 0. The first kappa shape index (κ1) is 13.0. The van der Waals surface area contributed by atoms with Gasteiger partial charge < -0.3 is 10.4 Å². The molecule has 2 aromatic rings. The molecule has 1 aromatic carbocycles. The Morgan fingerprint density at radius 3 is 2.79 bits per heavy atom. The molecule has 0 saturated heterocycles. The van der Waals surface area contributed by atoms with Crippen LogP contribution in [0.25, 0.3) is 5.69 Å². The molecule has 100 valence electrons. The topological polar surface area (TPSA) is 92.9 Å². The lowest BCUT2D eigenvalue weighted by molar-refractivity contribution is -0.138. The maximum atomic E-state index is 11.1. The van der Waals surface area contributed by atoms with Crippen molar-refractivity contribution in [3.05, 3.63) is 30.3 Å². The van der Waals surface area contributed by atoms with E-state index in [9.17, 15) is 4.79 Å². The van der Waals surface area contributed by atoms with Crippen molar-refractivity contribution in [3.8, 4) is 5.69 Å². The Labute approximate surface area is 110 Å². The van der Waals surface area contributed by atoms with Gasteiger partial charge in [0, 0.05) is 0 Å². The van der Waals surface area contributed by atoms with Gasteiger partial charge in [0.15, 0.2) is 0 Å². The van der Waals surface area contributed by atoms with Gasteiger partial charge in [0.05, 0.1) is 5.69 Å².